The molecule has 0 amide bonds. The van der Waals surface area contributed by atoms with Gasteiger partial charge in [-0.15, -0.1) is 0 Å². The Hall–Kier alpha value is -1.03. The van der Waals surface area contributed by atoms with Gasteiger partial charge in [-0.25, -0.2) is 0 Å². The molecule has 1 aliphatic rings. The summed E-state index contributed by atoms with van der Waals surface area (Å²) >= 11 is 3.50. The van der Waals surface area contributed by atoms with Gasteiger partial charge in [0.2, 0.25) is 0 Å². The van der Waals surface area contributed by atoms with Crippen LogP contribution in [0.5, 0.6) is 0 Å². The van der Waals surface area contributed by atoms with E-state index in [1.54, 1.807) is 0 Å². The van der Waals surface area contributed by atoms with Gasteiger partial charge in [0.05, 0.1) is 12.6 Å². The van der Waals surface area contributed by atoms with Crippen LogP contribution in [-0.4, -0.2) is 18.5 Å². The monoisotopic (exact) mass is 309 g/mol. The van der Waals surface area contributed by atoms with E-state index in [0.29, 0.717) is 12.0 Å². The Morgan fingerprint density at radius 3 is 2.78 bits per heavy atom. The minimum Gasteiger partial charge on any atom is -0.370 e. The molecule has 18 heavy (non-hydrogen) atoms. The molecule has 0 aromatic heterocycles. The molecule has 3 nitrogen and oxygen atoms in total. The molecule has 0 radical (unpaired) electrons. The summed E-state index contributed by atoms with van der Waals surface area (Å²) < 4.78 is 1.06. The van der Waals surface area contributed by atoms with Crippen LogP contribution in [-0.2, 0) is 0 Å². The molecule has 0 saturated heterocycles. The fourth-order valence-corrected chi connectivity index (χ4v) is 2.76. The lowest BCUT2D eigenvalue weighted by atomic mass is 9.87. The lowest BCUT2D eigenvalue weighted by molar-refractivity contribution is 0.347. The van der Waals surface area contributed by atoms with Crippen LogP contribution in [0, 0.1) is 5.41 Å². The predicted molar refractivity (Wildman–Crippen MR) is 81.0 cm³/mol. The molecule has 0 spiro atoms. The summed E-state index contributed by atoms with van der Waals surface area (Å²) in [5.41, 5.74) is 7.41. The molecule has 0 bridgehead atoms. The fourth-order valence-electron chi connectivity index (χ4n) is 2.38. The van der Waals surface area contributed by atoms with Crippen LogP contribution in [0.1, 0.15) is 27.2 Å². The van der Waals surface area contributed by atoms with E-state index < -0.39 is 0 Å². The van der Waals surface area contributed by atoms with Gasteiger partial charge in [-0.2, -0.15) is 0 Å². The molecule has 0 saturated carbocycles. The Balaban J connectivity index is 2.25. The van der Waals surface area contributed by atoms with E-state index in [1.165, 1.54) is 0 Å². The number of hydrogen-bond acceptors (Lipinski definition) is 3. The van der Waals surface area contributed by atoms with E-state index in [0.717, 1.165) is 23.1 Å². The summed E-state index contributed by atoms with van der Waals surface area (Å²) in [4.78, 5) is 6.54. The van der Waals surface area contributed by atoms with Crippen LogP contribution in [0.15, 0.2) is 33.7 Å². The zero-order chi connectivity index (χ0) is 13.3. The number of anilines is 1. The second kappa shape index (κ2) is 4.92. The van der Waals surface area contributed by atoms with E-state index >= 15 is 0 Å². The van der Waals surface area contributed by atoms with E-state index in [1.807, 2.05) is 12.1 Å². The maximum atomic E-state index is 6.03. The Kier molecular flexibility index (Phi) is 3.66. The average molecular weight is 310 g/mol. The van der Waals surface area contributed by atoms with Gasteiger partial charge in [0.15, 0.2) is 5.96 Å². The first-order valence-corrected chi connectivity index (χ1v) is 7.01. The summed E-state index contributed by atoms with van der Waals surface area (Å²) in [6.07, 6.45) is 1.07. The molecule has 1 unspecified atom stereocenters. The number of rotatable bonds is 2. The van der Waals surface area contributed by atoms with Crippen molar-refractivity contribution >= 4 is 27.6 Å². The summed E-state index contributed by atoms with van der Waals surface area (Å²) in [5.74, 6) is 0.627. The second-order valence-electron chi connectivity index (χ2n) is 5.97. The van der Waals surface area contributed by atoms with Gasteiger partial charge in [0.25, 0.3) is 0 Å². The second-order valence-corrected chi connectivity index (χ2v) is 6.88. The Morgan fingerprint density at radius 2 is 2.17 bits per heavy atom. The number of nitrogens with two attached hydrogens (primary N) is 1. The van der Waals surface area contributed by atoms with Gasteiger partial charge in [-0.1, -0.05) is 42.8 Å². The average Bonchev–Trinajstić information content (AvgIpc) is 2.57. The Labute approximate surface area is 117 Å². The van der Waals surface area contributed by atoms with Crippen molar-refractivity contribution in [2.75, 3.05) is 11.4 Å². The smallest absolute Gasteiger partial charge is 0.196 e. The lowest BCUT2D eigenvalue weighted by Gasteiger charge is -2.31. The molecule has 1 aromatic rings. The van der Waals surface area contributed by atoms with Crippen LogP contribution in [0.4, 0.5) is 5.69 Å². The van der Waals surface area contributed by atoms with E-state index in [9.17, 15) is 0 Å². The summed E-state index contributed by atoms with van der Waals surface area (Å²) in [6, 6.07) is 8.57. The third kappa shape index (κ3) is 3.05. The van der Waals surface area contributed by atoms with Crippen molar-refractivity contribution in [2.45, 2.75) is 33.2 Å². The Bertz CT molecular complexity index is 462. The van der Waals surface area contributed by atoms with Crippen molar-refractivity contribution in [3.8, 4) is 0 Å². The zero-order valence-electron chi connectivity index (χ0n) is 11.2. The topological polar surface area (TPSA) is 41.6 Å². The number of benzene rings is 1. The van der Waals surface area contributed by atoms with Gasteiger partial charge in [0.1, 0.15) is 0 Å². The quantitative estimate of drug-likeness (QED) is 0.910. The molecule has 1 aliphatic heterocycles. The first-order chi connectivity index (χ1) is 8.37. The highest BCUT2D eigenvalue weighted by atomic mass is 79.9. The van der Waals surface area contributed by atoms with E-state index in [-0.39, 0.29) is 5.41 Å². The molecule has 4 heteroatoms. The van der Waals surface area contributed by atoms with Gasteiger partial charge in [-0.05, 0) is 30.0 Å². The van der Waals surface area contributed by atoms with E-state index in [4.69, 9.17) is 5.73 Å². The van der Waals surface area contributed by atoms with Gasteiger partial charge >= 0.3 is 0 Å². The van der Waals surface area contributed by atoms with Crippen LogP contribution in [0.3, 0.4) is 0 Å². The maximum absolute atomic E-state index is 6.03. The van der Waals surface area contributed by atoms with Crippen LogP contribution in [0.2, 0.25) is 0 Å². The molecular formula is C14H20BrN3. The van der Waals surface area contributed by atoms with E-state index in [2.05, 4.69) is 58.7 Å². The molecule has 2 N–H and O–H groups in total. The number of aliphatic imine (C=N–C) groups is 1. The van der Waals surface area contributed by atoms with Crippen molar-refractivity contribution in [2.24, 2.45) is 16.1 Å². The summed E-state index contributed by atoms with van der Waals surface area (Å²) in [6.45, 7) is 7.54. The zero-order valence-corrected chi connectivity index (χ0v) is 12.7. The van der Waals surface area contributed by atoms with Crippen molar-refractivity contribution in [3.63, 3.8) is 0 Å². The molecule has 1 heterocycles. The van der Waals surface area contributed by atoms with Crippen molar-refractivity contribution in [1.29, 1.82) is 0 Å². The third-order valence-corrected chi connectivity index (χ3v) is 3.50. The maximum Gasteiger partial charge on any atom is 0.196 e. The first-order valence-electron chi connectivity index (χ1n) is 6.21. The van der Waals surface area contributed by atoms with Crippen molar-refractivity contribution in [1.82, 2.24) is 0 Å². The highest BCUT2D eigenvalue weighted by Gasteiger charge is 2.30. The van der Waals surface area contributed by atoms with Gasteiger partial charge in [-0.3, -0.25) is 4.99 Å². The van der Waals surface area contributed by atoms with Gasteiger partial charge < -0.3 is 10.6 Å². The molecule has 0 fully saturated rings. The minimum absolute atomic E-state index is 0.273. The van der Waals surface area contributed by atoms with Crippen LogP contribution in [0.25, 0.3) is 0 Å². The lowest BCUT2D eigenvalue weighted by Crippen LogP contribution is -2.42. The molecule has 98 valence electrons. The standard InChI is InChI=1S/C14H20BrN3/c1-14(2,3)8-12-9-17-13(16)18(12)11-6-4-5-10(15)7-11/h4-7,12H,8-9H2,1-3H3,(H2,16,17). The predicted octanol–water partition coefficient (Wildman–Crippen LogP) is 3.39. The highest BCUT2D eigenvalue weighted by molar-refractivity contribution is 9.10. The summed E-state index contributed by atoms with van der Waals surface area (Å²) in [5, 5.41) is 0. The number of nitrogens with zero attached hydrogens (tertiary/aromatic N) is 2. The minimum atomic E-state index is 0.273. The molecule has 1 aromatic carbocycles. The molecule has 0 aliphatic carbocycles. The van der Waals surface area contributed by atoms with Crippen LogP contribution < -0.4 is 10.6 Å². The highest BCUT2D eigenvalue weighted by Crippen LogP contribution is 2.30. The third-order valence-electron chi connectivity index (χ3n) is 3.01. The number of hydrogen-bond donors (Lipinski definition) is 1. The SMILES string of the molecule is CC(C)(C)CC1CN=C(N)N1c1cccc(Br)c1. The molecule has 2 rings (SSSR count). The number of guanidine groups is 1. The van der Waals surface area contributed by atoms with Gasteiger partial charge in [0, 0.05) is 10.2 Å². The molecular weight excluding hydrogens is 290 g/mol. The largest absolute Gasteiger partial charge is 0.370 e. The fraction of sp³-hybridized carbons (Fsp3) is 0.500. The number of halogens is 1. The Morgan fingerprint density at radius 1 is 1.44 bits per heavy atom. The van der Waals surface area contributed by atoms with Crippen molar-refractivity contribution in [3.05, 3.63) is 28.7 Å². The summed E-state index contributed by atoms with van der Waals surface area (Å²) in [7, 11) is 0. The first kappa shape index (κ1) is 13.4. The normalized spacial score (nSPS) is 20.1. The van der Waals surface area contributed by atoms with Crippen LogP contribution >= 0.6 is 15.9 Å². The van der Waals surface area contributed by atoms with Crippen molar-refractivity contribution < 1.29 is 0 Å². The molecule has 1 atom stereocenters.